The highest BCUT2D eigenvalue weighted by Gasteiger charge is 2.13. The van der Waals surface area contributed by atoms with E-state index in [1.54, 1.807) is 20.6 Å². The number of nitrogens with zero attached hydrogens (tertiary/aromatic N) is 1. The highest BCUT2D eigenvalue weighted by Crippen LogP contribution is 2.27. The first-order valence-corrected chi connectivity index (χ1v) is 7.08. The van der Waals surface area contributed by atoms with Crippen LogP contribution in [0.25, 0.3) is 5.70 Å². The van der Waals surface area contributed by atoms with Crippen LogP contribution in [0.3, 0.4) is 0 Å². The van der Waals surface area contributed by atoms with Crippen LogP contribution in [0.2, 0.25) is 0 Å². The minimum Gasteiger partial charge on any atom is -0.497 e. The Balaban J connectivity index is 1.84. The van der Waals surface area contributed by atoms with Crippen LogP contribution < -0.4 is 14.8 Å². The van der Waals surface area contributed by atoms with E-state index in [1.807, 2.05) is 48.5 Å². The van der Waals surface area contributed by atoms with Gasteiger partial charge in [-0.15, -0.1) is 0 Å². The van der Waals surface area contributed by atoms with E-state index in [4.69, 9.17) is 9.47 Å². The first-order valence-electron chi connectivity index (χ1n) is 7.08. The number of benzene rings is 2. The Hall–Kier alpha value is -2.75. The average molecular weight is 294 g/mol. The molecule has 0 radical (unpaired) electrons. The van der Waals surface area contributed by atoms with Gasteiger partial charge in [0.1, 0.15) is 11.5 Å². The minimum absolute atomic E-state index is 0.00394. The van der Waals surface area contributed by atoms with Crippen molar-refractivity contribution in [2.24, 2.45) is 4.99 Å². The number of aliphatic imine (C=N–C) groups is 1. The molecular formula is C18H18N2O2. The van der Waals surface area contributed by atoms with Crippen LogP contribution in [-0.2, 0) is 0 Å². The standard InChI is InChI=1S/C18H18N2O2/c1-21-15-7-3-13(4-8-15)17-11-18(20-12-19-17)14-5-9-16(22-2)10-6-14/h3-12,17H,1-2H3,(H,19,20). The van der Waals surface area contributed by atoms with Crippen molar-refractivity contribution < 1.29 is 9.47 Å². The summed E-state index contributed by atoms with van der Waals surface area (Å²) in [5.74, 6) is 1.70. The molecule has 0 amide bonds. The first-order chi connectivity index (χ1) is 10.8. The van der Waals surface area contributed by atoms with Gasteiger partial charge in [-0.25, -0.2) is 0 Å². The van der Waals surface area contributed by atoms with Gasteiger partial charge in [0.2, 0.25) is 0 Å². The summed E-state index contributed by atoms with van der Waals surface area (Å²) in [6.07, 6.45) is 3.86. The zero-order valence-corrected chi connectivity index (χ0v) is 12.6. The quantitative estimate of drug-likeness (QED) is 0.939. The Bertz CT molecular complexity index is 688. The molecule has 1 aliphatic heterocycles. The molecule has 4 nitrogen and oxygen atoms in total. The Labute approximate surface area is 130 Å². The molecule has 0 fully saturated rings. The smallest absolute Gasteiger partial charge is 0.118 e. The number of methoxy groups -OCH3 is 2. The molecule has 0 aliphatic carbocycles. The van der Waals surface area contributed by atoms with E-state index in [-0.39, 0.29) is 6.04 Å². The molecule has 0 saturated heterocycles. The van der Waals surface area contributed by atoms with E-state index in [0.717, 1.165) is 28.3 Å². The van der Waals surface area contributed by atoms with E-state index >= 15 is 0 Å². The van der Waals surface area contributed by atoms with Crippen LogP contribution in [-0.4, -0.2) is 20.6 Å². The third kappa shape index (κ3) is 2.96. The summed E-state index contributed by atoms with van der Waals surface area (Å²) in [6, 6.07) is 15.9. The maximum atomic E-state index is 5.19. The molecule has 4 heteroatoms. The lowest BCUT2D eigenvalue weighted by atomic mass is 10.0. The van der Waals surface area contributed by atoms with Gasteiger partial charge in [-0.3, -0.25) is 4.99 Å². The molecule has 2 aromatic rings. The van der Waals surface area contributed by atoms with Gasteiger partial charge in [-0.1, -0.05) is 12.1 Å². The Morgan fingerprint density at radius 1 is 0.864 bits per heavy atom. The maximum absolute atomic E-state index is 5.19. The molecule has 1 atom stereocenters. The zero-order chi connectivity index (χ0) is 15.4. The summed E-state index contributed by atoms with van der Waals surface area (Å²) in [4.78, 5) is 4.49. The fourth-order valence-electron chi connectivity index (χ4n) is 2.37. The normalized spacial score (nSPS) is 16.6. The highest BCUT2D eigenvalue weighted by atomic mass is 16.5. The van der Waals surface area contributed by atoms with Crippen LogP contribution in [0.1, 0.15) is 17.2 Å². The van der Waals surface area contributed by atoms with E-state index in [1.165, 1.54) is 0 Å². The Morgan fingerprint density at radius 2 is 1.45 bits per heavy atom. The average Bonchev–Trinajstić information content (AvgIpc) is 2.62. The number of nitrogens with one attached hydrogen (secondary N) is 1. The molecule has 1 N–H and O–H groups in total. The predicted molar refractivity (Wildman–Crippen MR) is 88.3 cm³/mol. The predicted octanol–water partition coefficient (Wildman–Crippen LogP) is 3.42. The summed E-state index contributed by atoms with van der Waals surface area (Å²) in [7, 11) is 3.33. The van der Waals surface area contributed by atoms with Crippen LogP contribution in [0, 0.1) is 0 Å². The molecular weight excluding hydrogens is 276 g/mol. The summed E-state index contributed by atoms with van der Waals surface area (Å²) < 4.78 is 10.4. The van der Waals surface area contributed by atoms with Gasteiger partial charge < -0.3 is 14.8 Å². The molecule has 1 unspecified atom stereocenters. The lowest BCUT2D eigenvalue weighted by Gasteiger charge is -2.18. The summed E-state index contributed by atoms with van der Waals surface area (Å²) in [6.45, 7) is 0. The molecule has 0 bridgehead atoms. The van der Waals surface area contributed by atoms with Crippen LogP contribution in [0.5, 0.6) is 11.5 Å². The number of ether oxygens (including phenoxy) is 2. The fraction of sp³-hybridized carbons (Fsp3) is 0.167. The molecule has 0 spiro atoms. The number of hydrogen-bond acceptors (Lipinski definition) is 4. The summed E-state index contributed by atoms with van der Waals surface area (Å²) in [5, 5.41) is 3.20. The third-order valence-corrected chi connectivity index (χ3v) is 3.64. The Morgan fingerprint density at radius 3 is 2.05 bits per heavy atom. The van der Waals surface area contributed by atoms with Gasteiger partial charge in [0.05, 0.1) is 26.6 Å². The van der Waals surface area contributed by atoms with Crippen molar-refractivity contribution in [2.45, 2.75) is 6.04 Å². The first kappa shape index (κ1) is 14.2. The molecule has 2 aromatic carbocycles. The molecule has 22 heavy (non-hydrogen) atoms. The van der Waals surface area contributed by atoms with Crippen LogP contribution in [0.4, 0.5) is 0 Å². The van der Waals surface area contributed by atoms with Crippen molar-refractivity contribution in [1.82, 2.24) is 5.32 Å². The minimum atomic E-state index is 0.00394. The van der Waals surface area contributed by atoms with Crippen molar-refractivity contribution in [1.29, 1.82) is 0 Å². The lowest BCUT2D eigenvalue weighted by molar-refractivity contribution is 0.414. The number of hydrogen-bond donors (Lipinski definition) is 1. The van der Waals surface area contributed by atoms with Crippen LogP contribution in [0.15, 0.2) is 59.6 Å². The molecule has 1 aliphatic rings. The lowest BCUT2D eigenvalue weighted by Crippen LogP contribution is -2.15. The molecule has 0 saturated carbocycles. The fourth-order valence-corrected chi connectivity index (χ4v) is 2.37. The van der Waals surface area contributed by atoms with E-state index < -0.39 is 0 Å². The molecule has 0 aromatic heterocycles. The van der Waals surface area contributed by atoms with Gasteiger partial charge in [0.25, 0.3) is 0 Å². The van der Waals surface area contributed by atoms with Crippen molar-refractivity contribution in [2.75, 3.05) is 14.2 Å². The summed E-state index contributed by atoms with van der Waals surface area (Å²) >= 11 is 0. The van der Waals surface area contributed by atoms with Gasteiger partial charge >= 0.3 is 0 Å². The van der Waals surface area contributed by atoms with Crippen molar-refractivity contribution >= 4 is 12.0 Å². The third-order valence-electron chi connectivity index (χ3n) is 3.64. The van der Waals surface area contributed by atoms with E-state index in [0.29, 0.717) is 0 Å². The second-order valence-electron chi connectivity index (χ2n) is 4.95. The zero-order valence-electron chi connectivity index (χ0n) is 12.6. The SMILES string of the molecule is COc1ccc(C2=CC(c3ccc(OC)cc3)N=CN2)cc1. The monoisotopic (exact) mass is 294 g/mol. The van der Waals surface area contributed by atoms with Gasteiger partial charge in [-0.05, 0) is 53.6 Å². The van der Waals surface area contributed by atoms with Crippen LogP contribution >= 0.6 is 0 Å². The highest BCUT2D eigenvalue weighted by molar-refractivity contribution is 5.79. The second-order valence-corrected chi connectivity index (χ2v) is 4.95. The topological polar surface area (TPSA) is 42.9 Å². The van der Waals surface area contributed by atoms with Crippen molar-refractivity contribution in [3.8, 4) is 11.5 Å². The van der Waals surface area contributed by atoms with Gasteiger partial charge in [0.15, 0.2) is 0 Å². The Kier molecular flexibility index (Phi) is 4.10. The largest absolute Gasteiger partial charge is 0.497 e. The van der Waals surface area contributed by atoms with Crippen molar-refractivity contribution in [3.05, 3.63) is 65.7 Å². The molecule has 1 heterocycles. The number of rotatable bonds is 4. The maximum Gasteiger partial charge on any atom is 0.118 e. The summed E-state index contributed by atoms with van der Waals surface area (Å²) in [5.41, 5.74) is 3.27. The second kappa shape index (κ2) is 6.35. The van der Waals surface area contributed by atoms with Crippen molar-refractivity contribution in [3.63, 3.8) is 0 Å². The molecule has 112 valence electrons. The van der Waals surface area contributed by atoms with E-state index in [2.05, 4.69) is 16.4 Å². The van der Waals surface area contributed by atoms with Gasteiger partial charge in [-0.2, -0.15) is 0 Å². The van der Waals surface area contributed by atoms with E-state index in [9.17, 15) is 0 Å². The molecule has 3 rings (SSSR count). The van der Waals surface area contributed by atoms with Gasteiger partial charge in [0, 0.05) is 5.70 Å².